The second-order valence-corrected chi connectivity index (χ2v) is 6.41. The van der Waals surface area contributed by atoms with Crippen LogP contribution >= 0.6 is 0 Å². The van der Waals surface area contributed by atoms with Gasteiger partial charge in [0.25, 0.3) is 10.1 Å². The fourth-order valence-electron chi connectivity index (χ4n) is 1.71. The predicted molar refractivity (Wildman–Crippen MR) is 61.2 cm³/mol. The summed E-state index contributed by atoms with van der Waals surface area (Å²) < 4.78 is 64.7. The molecule has 0 atom stereocenters. The van der Waals surface area contributed by atoms with Crippen LogP contribution in [0.4, 0.5) is 0 Å². The van der Waals surface area contributed by atoms with E-state index in [9.17, 15) is 26.5 Å². The topological polar surface area (TPSA) is 135 Å². The molecule has 0 aliphatic carbocycles. The van der Waals surface area contributed by atoms with Crippen molar-refractivity contribution in [1.29, 1.82) is 0 Å². The maximum Gasteiger partial charge on any atom is 1.00 e. The third-order valence-corrected chi connectivity index (χ3v) is 4.40. The van der Waals surface area contributed by atoms with Gasteiger partial charge in [0.15, 0.2) is 0 Å². The molecule has 0 aliphatic rings. The summed E-state index contributed by atoms with van der Waals surface area (Å²) in [6.07, 6.45) is 0. The molecule has 2 aromatic rings. The molecule has 21 heavy (non-hydrogen) atoms. The summed E-state index contributed by atoms with van der Waals surface area (Å²) in [6, 6.07) is 5.19. The SMILES string of the molecule is O=S(=O)([O-])c1ccc2ccc([O-])cc2c1S(=O)(=O)O.[K+].[K+]. The van der Waals surface area contributed by atoms with Gasteiger partial charge in [0.1, 0.15) is 15.0 Å². The van der Waals surface area contributed by atoms with Gasteiger partial charge in [0.2, 0.25) is 0 Å². The summed E-state index contributed by atoms with van der Waals surface area (Å²) in [5.74, 6) is -0.585. The Morgan fingerprint density at radius 1 is 0.952 bits per heavy atom. The van der Waals surface area contributed by atoms with Crippen LogP contribution in [0, 0.1) is 0 Å². The van der Waals surface area contributed by atoms with E-state index >= 15 is 0 Å². The fraction of sp³-hybridized carbons (Fsp3) is 0. The second kappa shape index (κ2) is 8.11. The van der Waals surface area contributed by atoms with Crippen molar-refractivity contribution in [1.82, 2.24) is 0 Å². The van der Waals surface area contributed by atoms with Crippen molar-refractivity contribution in [3.8, 4) is 5.75 Å². The third kappa shape index (κ3) is 5.29. The molecule has 0 unspecified atom stereocenters. The first kappa shape index (κ1) is 22.6. The molecular weight excluding hydrogens is 374 g/mol. The van der Waals surface area contributed by atoms with E-state index in [2.05, 4.69) is 0 Å². The Kier molecular flexibility index (Phi) is 8.73. The van der Waals surface area contributed by atoms with E-state index in [1.807, 2.05) is 0 Å². The smallest absolute Gasteiger partial charge is 0.872 e. The van der Waals surface area contributed by atoms with E-state index in [1.165, 1.54) is 12.1 Å². The van der Waals surface area contributed by atoms with Gasteiger partial charge >= 0.3 is 103 Å². The van der Waals surface area contributed by atoms with Crippen LogP contribution in [0.3, 0.4) is 0 Å². The van der Waals surface area contributed by atoms with Gasteiger partial charge in [-0.05, 0) is 11.5 Å². The molecule has 7 nitrogen and oxygen atoms in total. The van der Waals surface area contributed by atoms with Crippen LogP contribution in [0.5, 0.6) is 5.75 Å². The molecular formula is C10H6K2O7S2. The monoisotopic (exact) mass is 380 g/mol. The minimum atomic E-state index is -5.11. The van der Waals surface area contributed by atoms with E-state index in [0.29, 0.717) is 0 Å². The van der Waals surface area contributed by atoms with Crippen LogP contribution in [-0.4, -0.2) is 25.9 Å². The first-order chi connectivity index (χ1) is 8.60. The Morgan fingerprint density at radius 3 is 1.95 bits per heavy atom. The number of rotatable bonds is 2. The average Bonchev–Trinajstić information content (AvgIpc) is 2.24. The second-order valence-electron chi connectivity index (χ2n) is 3.70. The van der Waals surface area contributed by atoms with E-state index < -0.39 is 35.8 Å². The van der Waals surface area contributed by atoms with Crippen LogP contribution in [0.25, 0.3) is 10.8 Å². The molecule has 2 rings (SSSR count). The maximum atomic E-state index is 11.3. The molecule has 0 saturated heterocycles. The van der Waals surface area contributed by atoms with Gasteiger partial charge in [0, 0.05) is 5.39 Å². The summed E-state index contributed by atoms with van der Waals surface area (Å²) in [6.45, 7) is 0. The molecule has 2 aromatic carbocycles. The van der Waals surface area contributed by atoms with Crippen LogP contribution < -0.4 is 108 Å². The molecule has 0 fully saturated rings. The van der Waals surface area contributed by atoms with Crippen molar-refractivity contribution in [3.05, 3.63) is 30.3 Å². The Morgan fingerprint density at radius 2 is 1.48 bits per heavy atom. The van der Waals surface area contributed by atoms with Crippen molar-refractivity contribution < 1.29 is 134 Å². The molecule has 0 bridgehead atoms. The number of hydrogen-bond acceptors (Lipinski definition) is 6. The summed E-state index contributed by atoms with van der Waals surface area (Å²) in [5.41, 5.74) is 0. The van der Waals surface area contributed by atoms with Gasteiger partial charge < -0.3 is 9.66 Å². The summed E-state index contributed by atoms with van der Waals surface area (Å²) in [7, 11) is -10.1. The normalized spacial score (nSPS) is 11.5. The summed E-state index contributed by atoms with van der Waals surface area (Å²) >= 11 is 0. The predicted octanol–water partition coefficient (Wildman–Crippen LogP) is -5.93. The van der Waals surface area contributed by atoms with Crippen molar-refractivity contribution >= 4 is 31.0 Å². The van der Waals surface area contributed by atoms with Gasteiger partial charge in [0.05, 0.1) is 4.90 Å². The number of hydrogen-bond donors (Lipinski definition) is 1. The first-order valence-electron chi connectivity index (χ1n) is 4.78. The first-order valence-corrected chi connectivity index (χ1v) is 7.63. The van der Waals surface area contributed by atoms with Crippen molar-refractivity contribution in [3.63, 3.8) is 0 Å². The van der Waals surface area contributed by atoms with Gasteiger partial charge in [-0.1, -0.05) is 24.3 Å². The molecule has 1 N–H and O–H groups in total. The van der Waals surface area contributed by atoms with E-state index in [0.717, 1.165) is 18.2 Å². The minimum absolute atomic E-state index is 0. The quantitative estimate of drug-likeness (QED) is 0.405. The van der Waals surface area contributed by atoms with Crippen LogP contribution in [-0.2, 0) is 20.2 Å². The molecule has 0 saturated carbocycles. The number of fused-ring (bicyclic) bond motifs is 1. The summed E-state index contributed by atoms with van der Waals surface area (Å²) in [4.78, 5) is -2.16. The molecule has 0 radical (unpaired) electrons. The van der Waals surface area contributed by atoms with Crippen LogP contribution in [0.15, 0.2) is 40.1 Å². The largest absolute Gasteiger partial charge is 1.00 e. The molecule has 0 heterocycles. The van der Waals surface area contributed by atoms with Crippen molar-refractivity contribution in [2.75, 3.05) is 0 Å². The van der Waals surface area contributed by atoms with E-state index in [1.54, 1.807) is 0 Å². The Bertz CT molecular complexity index is 876. The van der Waals surface area contributed by atoms with Crippen LogP contribution in [0.2, 0.25) is 0 Å². The van der Waals surface area contributed by atoms with Gasteiger partial charge in [-0.25, -0.2) is 8.42 Å². The van der Waals surface area contributed by atoms with Gasteiger partial charge in [-0.2, -0.15) is 8.42 Å². The Labute approximate surface area is 206 Å². The van der Waals surface area contributed by atoms with E-state index in [-0.39, 0.29) is 114 Å². The van der Waals surface area contributed by atoms with Crippen molar-refractivity contribution in [2.45, 2.75) is 9.79 Å². The zero-order valence-corrected chi connectivity index (χ0v) is 19.0. The molecule has 0 spiro atoms. The van der Waals surface area contributed by atoms with Gasteiger partial charge in [-0.3, -0.25) is 4.55 Å². The fourth-order valence-corrected chi connectivity index (χ4v) is 3.68. The minimum Gasteiger partial charge on any atom is -0.872 e. The maximum absolute atomic E-state index is 11.3. The average molecular weight is 380 g/mol. The third-order valence-electron chi connectivity index (χ3n) is 2.43. The molecule has 0 aliphatic heterocycles. The van der Waals surface area contributed by atoms with Crippen LogP contribution in [0.1, 0.15) is 0 Å². The molecule has 0 aromatic heterocycles. The Balaban J connectivity index is 0.00000200. The Hall–Kier alpha value is 1.59. The van der Waals surface area contributed by atoms with E-state index in [4.69, 9.17) is 4.55 Å². The summed E-state index contributed by atoms with van der Waals surface area (Å²) in [5, 5.41) is 11.1. The molecule has 102 valence electrons. The molecule has 11 heteroatoms. The van der Waals surface area contributed by atoms with Crippen molar-refractivity contribution in [2.24, 2.45) is 0 Å². The number of benzene rings is 2. The zero-order valence-electron chi connectivity index (χ0n) is 11.1. The molecule has 0 amide bonds. The zero-order chi connectivity index (χ0) is 14.4. The standard InChI is InChI=1S/C10H8O7S2.2K/c11-7-3-1-6-2-4-9(18(12,13)14)10(8(6)5-7)19(15,16)17;;/h1-5,11H,(H,12,13,14)(H,15,16,17);;/q;2*+1/p-2. The van der Waals surface area contributed by atoms with Gasteiger partial charge in [-0.15, -0.1) is 5.75 Å².